The van der Waals surface area contributed by atoms with Crippen molar-refractivity contribution in [3.63, 3.8) is 0 Å². The maximum atomic E-state index is 11.5. The molecule has 1 rings (SSSR count). The number of hydrogen-bond acceptors (Lipinski definition) is 3. The number of unbranched alkanes of at least 4 members (excludes halogenated alkanes) is 1. The van der Waals surface area contributed by atoms with Gasteiger partial charge >= 0.3 is 11.8 Å². The number of nitrogens with zero attached hydrogens (tertiary/aromatic N) is 2. The van der Waals surface area contributed by atoms with Crippen LogP contribution in [0.3, 0.4) is 0 Å². The van der Waals surface area contributed by atoms with Crippen molar-refractivity contribution in [1.82, 2.24) is 10.2 Å². The number of nitrogens with one attached hydrogen (secondary N) is 1. The molecule has 1 aliphatic rings. The van der Waals surface area contributed by atoms with Crippen LogP contribution in [0.1, 0.15) is 33.1 Å². The molecule has 5 nitrogen and oxygen atoms in total. The van der Waals surface area contributed by atoms with Crippen molar-refractivity contribution in [2.24, 2.45) is 0 Å². The number of carbonyl (C=O) groups is 2. The third-order valence-electron chi connectivity index (χ3n) is 2.45. The fourth-order valence-corrected chi connectivity index (χ4v) is 1.52. The first-order chi connectivity index (χ1) is 7.65. The summed E-state index contributed by atoms with van der Waals surface area (Å²) in [6, 6.07) is 2.01. The predicted molar refractivity (Wildman–Crippen MR) is 57.7 cm³/mol. The predicted octanol–water partition coefficient (Wildman–Crippen LogP) is 0.890. The van der Waals surface area contributed by atoms with Crippen LogP contribution in [0.4, 0.5) is 0 Å². The average molecular weight is 221 g/mol. The fraction of sp³-hybridized carbons (Fsp3) is 0.545. The molecule has 1 heterocycles. The molecule has 0 aromatic rings. The van der Waals surface area contributed by atoms with E-state index in [-0.39, 0.29) is 0 Å². The van der Waals surface area contributed by atoms with Crippen LogP contribution in [0.25, 0.3) is 0 Å². The van der Waals surface area contributed by atoms with Gasteiger partial charge in [-0.15, -0.1) is 0 Å². The summed E-state index contributed by atoms with van der Waals surface area (Å²) in [6.45, 7) is 4.30. The first-order valence-corrected chi connectivity index (χ1v) is 5.41. The molecule has 0 aromatic heterocycles. The summed E-state index contributed by atoms with van der Waals surface area (Å²) in [5, 5.41) is 11.4. The zero-order chi connectivity index (χ0) is 12.1. The topological polar surface area (TPSA) is 73.2 Å². The number of carbonyl (C=O) groups excluding carboxylic acids is 2. The van der Waals surface area contributed by atoms with Gasteiger partial charge in [0.1, 0.15) is 5.82 Å². The van der Waals surface area contributed by atoms with Crippen molar-refractivity contribution in [1.29, 1.82) is 5.26 Å². The van der Waals surface area contributed by atoms with Gasteiger partial charge in [-0.3, -0.25) is 14.5 Å². The number of allylic oxidation sites excluding steroid dienone is 1. The molecule has 0 bridgehead atoms. The lowest BCUT2D eigenvalue weighted by molar-refractivity contribution is -0.140. The van der Waals surface area contributed by atoms with Crippen molar-refractivity contribution in [3.05, 3.63) is 11.4 Å². The summed E-state index contributed by atoms with van der Waals surface area (Å²) in [5.41, 5.74) is 0.440. The first kappa shape index (κ1) is 12.2. The lowest BCUT2D eigenvalue weighted by Crippen LogP contribution is -2.28. The Labute approximate surface area is 94.7 Å². The Morgan fingerprint density at radius 2 is 2.12 bits per heavy atom. The monoisotopic (exact) mass is 221 g/mol. The molecule has 1 N–H and O–H groups in total. The summed E-state index contributed by atoms with van der Waals surface area (Å²) >= 11 is 0. The normalized spacial score (nSPS) is 18.4. The minimum absolute atomic E-state index is 0.369. The van der Waals surface area contributed by atoms with Crippen LogP contribution in [0, 0.1) is 11.3 Å². The molecule has 0 saturated carbocycles. The Balaban J connectivity index is 3.00. The van der Waals surface area contributed by atoms with Gasteiger partial charge in [0.2, 0.25) is 0 Å². The maximum Gasteiger partial charge on any atom is 0.317 e. The molecule has 0 aromatic carbocycles. The van der Waals surface area contributed by atoms with Crippen molar-refractivity contribution in [2.45, 2.75) is 33.1 Å². The largest absolute Gasteiger partial charge is 0.317 e. The van der Waals surface area contributed by atoms with Crippen molar-refractivity contribution >= 4 is 11.8 Å². The molecule has 0 aliphatic carbocycles. The molecule has 2 amide bonds. The van der Waals surface area contributed by atoms with E-state index in [0.29, 0.717) is 24.4 Å². The minimum Gasteiger partial charge on any atom is -0.303 e. The molecule has 1 fully saturated rings. The number of hydrogen-bond donors (Lipinski definition) is 1. The number of nitriles is 1. The standard InChI is InChI=1S/C11H15N3O2/c1-3-5-6-14-9(8(4-2)7-12)13-10(15)11(14)16/h3-6H2,1-2H3,(H,13,15)/b9-8+. The summed E-state index contributed by atoms with van der Waals surface area (Å²) < 4.78 is 0. The molecule has 5 heteroatoms. The van der Waals surface area contributed by atoms with Gasteiger partial charge in [0.05, 0.1) is 11.6 Å². The van der Waals surface area contributed by atoms with E-state index in [1.165, 1.54) is 4.90 Å². The van der Waals surface area contributed by atoms with Gasteiger partial charge < -0.3 is 5.32 Å². The van der Waals surface area contributed by atoms with E-state index >= 15 is 0 Å². The van der Waals surface area contributed by atoms with Crippen molar-refractivity contribution < 1.29 is 9.59 Å². The summed E-state index contributed by atoms with van der Waals surface area (Å²) in [4.78, 5) is 24.1. The van der Waals surface area contributed by atoms with E-state index in [1.54, 1.807) is 0 Å². The second-order valence-corrected chi connectivity index (χ2v) is 3.56. The summed E-state index contributed by atoms with van der Waals surface area (Å²) in [7, 11) is 0. The second-order valence-electron chi connectivity index (χ2n) is 3.56. The minimum atomic E-state index is -0.646. The SMILES string of the molecule is CCCCN1C(=O)C(=O)N/C1=C(\C#N)CC. The molecule has 0 atom stereocenters. The van der Waals surface area contributed by atoms with E-state index in [0.717, 1.165) is 12.8 Å². The number of amides is 2. The van der Waals surface area contributed by atoms with Crippen LogP contribution in [0.15, 0.2) is 11.4 Å². The Morgan fingerprint density at radius 3 is 2.62 bits per heavy atom. The maximum absolute atomic E-state index is 11.5. The van der Waals surface area contributed by atoms with Gasteiger partial charge in [-0.2, -0.15) is 5.26 Å². The molecule has 86 valence electrons. The van der Waals surface area contributed by atoms with E-state index in [9.17, 15) is 9.59 Å². The average Bonchev–Trinajstić information content (AvgIpc) is 2.55. The highest BCUT2D eigenvalue weighted by Crippen LogP contribution is 2.17. The smallest absolute Gasteiger partial charge is 0.303 e. The third-order valence-corrected chi connectivity index (χ3v) is 2.45. The Kier molecular flexibility index (Phi) is 4.06. The lowest BCUT2D eigenvalue weighted by Gasteiger charge is -2.16. The molecule has 0 spiro atoms. The molecule has 0 unspecified atom stereocenters. The van der Waals surface area contributed by atoms with Crippen LogP contribution < -0.4 is 5.32 Å². The van der Waals surface area contributed by atoms with Crippen molar-refractivity contribution in [2.75, 3.05) is 6.54 Å². The van der Waals surface area contributed by atoms with Crippen LogP contribution in [0.5, 0.6) is 0 Å². The molecule has 0 radical (unpaired) electrons. The van der Waals surface area contributed by atoms with Gasteiger partial charge in [-0.1, -0.05) is 20.3 Å². The molecule has 16 heavy (non-hydrogen) atoms. The van der Waals surface area contributed by atoms with Gasteiger partial charge in [-0.05, 0) is 12.8 Å². The quantitative estimate of drug-likeness (QED) is 0.566. The highest BCUT2D eigenvalue weighted by atomic mass is 16.2. The second kappa shape index (κ2) is 5.31. The summed E-state index contributed by atoms with van der Waals surface area (Å²) in [6.07, 6.45) is 2.24. The summed E-state index contributed by atoms with van der Waals surface area (Å²) in [5.74, 6) is -0.842. The van der Waals surface area contributed by atoms with E-state index in [4.69, 9.17) is 5.26 Å². The van der Waals surface area contributed by atoms with Gasteiger partial charge in [-0.25, -0.2) is 0 Å². The van der Waals surface area contributed by atoms with Gasteiger partial charge in [0.15, 0.2) is 0 Å². The highest BCUT2D eigenvalue weighted by molar-refractivity contribution is 6.38. The Morgan fingerprint density at radius 1 is 1.44 bits per heavy atom. The zero-order valence-electron chi connectivity index (χ0n) is 9.54. The third kappa shape index (κ3) is 2.22. The fourth-order valence-electron chi connectivity index (χ4n) is 1.52. The van der Waals surface area contributed by atoms with E-state index in [1.807, 2.05) is 19.9 Å². The Hall–Kier alpha value is -1.83. The zero-order valence-corrected chi connectivity index (χ0v) is 9.54. The highest BCUT2D eigenvalue weighted by Gasteiger charge is 2.34. The van der Waals surface area contributed by atoms with Gasteiger partial charge in [0.25, 0.3) is 0 Å². The lowest BCUT2D eigenvalue weighted by atomic mass is 10.2. The molecule has 1 aliphatic heterocycles. The van der Waals surface area contributed by atoms with E-state index in [2.05, 4.69) is 5.32 Å². The molecular weight excluding hydrogens is 206 g/mol. The van der Waals surface area contributed by atoms with E-state index < -0.39 is 11.8 Å². The van der Waals surface area contributed by atoms with Crippen LogP contribution in [0.2, 0.25) is 0 Å². The van der Waals surface area contributed by atoms with Gasteiger partial charge in [0, 0.05) is 6.54 Å². The van der Waals surface area contributed by atoms with Crippen LogP contribution in [-0.4, -0.2) is 23.3 Å². The van der Waals surface area contributed by atoms with Crippen LogP contribution >= 0.6 is 0 Å². The molecular formula is C11H15N3O2. The number of rotatable bonds is 4. The molecule has 1 saturated heterocycles. The Bertz CT molecular complexity index is 379. The van der Waals surface area contributed by atoms with Crippen LogP contribution in [-0.2, 0) is 9.59 Å². The van der Waals surface area contributed by atoms with Crippen molar-refractivity contribution in [3.8, 4) is 6.07 Å². The first-order valence-electron chi connectivity index (χ1n) is 5.41.